The highest BCUT2D eigenvalue weighted by molar-refractivity contribution is 7.15. The summed E-state index contributed by atoms with van der Waals surface area (Å²) in [7, 11) is 0. The largest absolute Gasteiger partial charge is 0.375 e. The minimum atomic E-state index is 0.474. The van der Waals surface area contributed by atoms with E-state index in [-0.39, 0.29) is 0 Å². The van der Waals surface area contributed by atoms with Crippen LogP contribution in [0.15, 0.2) is 6.20 Å². The van der Waals surface area contributed by atoms with E-state index in [9.17, 15) is 0 Å². The summed E-state index contributed by atoms with van der Waals surface area (Å²) in [6, 6.07) is 1.70. The molecule has 0 atom stereocenters. The van der Waals surface area contributed by atoms with Gasteiger partial charge in [0, 0.05) is 5.92 Å². The highest BCUT2D eigenvalue weighted by atomic mass is 32.1. The lowest BCUT2D eigenvalue weighted by Gasteiger charge is -1.70. The molecule has 0 spiro atoms. The Morgan fingerprint density at radius 1 is 1.70 bits per heavy atom. The average molecular weight is 149 g/mol. The summed E-state index contributed by atoms with van der Waals surface area (Å²) in [5.74, 6) is 4.83. The molecule has 0 amide bonds. The highest BCUT2D eigenvalue weighted by Crippen LogP contribution is 2.11. The van der Waals surface area contributed by atoms with E-state index in [1.807, 2.05) is 0 Å². The summed E-state index contributed by atoms with van der Waals surface area (Å²) in [6.45, 7) is 0. The van der Waals surface area contributed by atoms with E-state index in [4.69, 9.17) is 11.0 Å². The SMILES string of the molecule is N#CC#Cc1cnc(N)s1. The Balaban J connectivity index is 2.89. The zero-order chi connectivity index (χ0) is 7.40. The van der Waals surface area contributed by atoms with Crippen LogP contribution in [0.4, 0.5) is 5.13 Å². The molecule has 48 valence electrons. The van der Waals surface area contributed by atoms with E-state index in [0.29, 0.717) is 5.13 Å². The van der Waals surface area contributed by atoms with Crippen molar-refractivity contribution in [1.82, 2.24) is 4.98 Å². The Morgan fingerprint density at radius 2 is 2.50 bits per heavy atom. The van der Waals surface area contributed by atoms with Crippen LogP contribution >= 0.6 is 11.3 Å². The molecule has 0 saturated heterocycles. The van der Waals surface area contributed by atoms with Crippen molar-refractivity contribution in [3.05, 3.63) is 11.1 Å². The van der Waals surface area contributed by atoms with Crippen molar-refractivity contribution in [1.29, 1.82) is 5.26 Å². The predicted molar refractivity (Wildman–Crippen MR) is 39.0 cm³/mol. The first-order valence-corrected chi connectivity index (χ1v) is 3.26. The van der Waals surface area contributed by atoms with Gasteiger partial charge in [-0.1, -0.05) is 11.3 Å². The van der Waals surface area contributed by atoms with Crippen LogP contribution in [0.2, 0.25) is 0 Å². The number of nitrogens with two attached hydrogens (primary N) is 1. The summed E-state index contributed by atoms with van der Waals surface area (Å²) < 4.78 is 0. The van der Waals surface area contributed by atoms with E-state index in [1.165, 1.54) is 11.3 Å². The van der Waals surface area contributed by atoms with Crippen molar-refractivity contribution in [2.24, 2.45) is 0 Å². The standard InChI is InChI=1S/C6H3N3S/c7-3-1-2-5-4-9-6(8)10-5/h4H,(H2,8,9). The lowest BCUT2D eigenvalue weighted by atomic mass is 10.5. The molecule has 1 aromatic heterocycles. The van der Waals surface area contributed by atoms with Crippen LogP contribution in [0.1, 0.15) is 4.88 Å². The first-order chi connectivity index (χ1) is 4.83. The van der Waals surface area contributed by atoms with Crippen LogP contribution in [0.5, 0.6) is 0 Å². The average Bonchev–Trinajstić information content (AvgIpc) is 2.31. The number of nitrogen functional groups attached to an aromatic ring is 1. The first-order valence-electron chi connectivity index (χ1n) is 2.44. The molecular formula is C6H3N3S. The summed E-state index contributed by atoms with van der Waals surface area (Å²) in [5, 5.41) is 8.54. The molecule has 0 unspecified atom stereocenters. The lowest BCUT2D eigenvalue weighted by molar-refractivity contribution is 1.42. The van der Waals surface area contributed by atoms with Crippen LogP contribution in [0, 0.1) is 23.2 Å². The van der Waals surface area contributed by atoms with Crippen molar-refractivity contribution in [3.8, 4) is 17.9 Å². The zero-order valence-corrected chi connectivity index (χ0v) is 5.77. The van der Waals surface area contributed by atoms with Crippen LogP contribution in [0.3, 0.4) is 0 Å². The topological polar surface area (TPSA) is 62.7 Å². The van der Waals surface area contributed by atoms with E-state index >= 15 is 0 Å². The van der Waals surface area contributed by atoms with Gasteiger partial charge in [0.2, 0.25) is 0 Å². The monoisotopic (exact) mass is 149 g/mol. The van der Waals surface area contributed by atoms with Gasteiger partial charge in [0.15, 0.2) is 11.2 Å². The van der Waals surface area contributed by atoms with E-state index in [2.05, 4.69) is 16.8 Å². The maximum atomic E-state index is 8.06. The molecule has 0 fully saturated rings. The number of hydrogen-bond donors (Lipinski definition) is 1. The van der Waals surface area contributed by atoms with Crippen LogP contribution < -0.4 is 5.73 Å². The van der Waals surface area contributed by atoms with Crippen LogP contribution in [-0.4, -0.2) is 4.98 Å². The van der Waals surface area contributed by atoms with Crippen molar-refractivity contribution >= 4 is 16.5 Å². The number of hydrogen-bond acceptors (Lipinski definition) is 4. The molecule has 10 heavy (non-hydrogen) atoms. The molecule has 1 rings (SSSR count). The fourth-order valence-corrected chi connectivity index (χ4v) is 0.973. The fourth-order valence-electron chi connectivity index (χ4n) is 0.435. The van der Waals surface area contributed by atoms with Gasteiger partial charge in [-0.15, -0.1) is 0 Å². The molecule has 0 aliphatic carbocycles. The molecule has 0 aliphatic rings. The van der Waals surface area contributed by atoms with Crippen LogP contribution in [-0.2, 0) is 0 Å². The Bertz CT molecular complexity index is 323. The minimum Gasteiger partial charge on any atom is -0.375 e. The van der Waals surface area contributed by atoms with E-state index < -0.39 is 0 Å². The van der Waals surface area contributed by atoms with Gasteiger partial charge >= 0.3 is 0 Å². The van der Waals surface area contributed by atoms with Gasteiger partial charge in [-0.3, -0.25) is 0 Å². The maximum absolute atomic E-state index is 8.06. The molecular weight excluding hydrogens is 146 g/mol. The summed E-state index contributed by atoms with van der Waals surface area (Å²) in [6.07, 6.45) is 1.55. The quantitative estimate of drug-likeness (QED) is 0.549. The van der Waals surface area contributed by atoms with Crippen LogP contribution in [0.25, 0.3) is 0 Å². The van der Waals surface area contributed by atoms with E-state index in [1.54, 1.807) is 12.3 Å². The number of rotatable bonds is 0. The number of nitriles is 1. The van der Waals surface area contributed by atoms with Gasteiger partial charge in [0.05, 0.1) is 11.1 Å². The van der Waals surface area contributed by atoms with Crippen molar-refractivity contribution in [2.75, 3.05) is 5.73 Å². The summed E-state index contributed by atoms with van der Waals surface area (Å²) in [4.78, 5) is 4.48. The summed E-state index contributed by atoms with van der Waals surface area (Å²) >= 11 is 1.27. The van der Waals surface area contributed by atoms with E-state index in [0.717, 1.165) is 4.88 Å². The second-order valence-corrected chi connectivity index (χ2v) is 2.49. The number of aromatic nitrogens is 1. The lowest BCUT2D eigenvalue weighted by Crippen LogP contribution is -1.77. The second kappa shape index (κ2) is 2.86. The molecule has 4 heteroatoms. The van der Waals surface area contributed by atoms with Gasteiger partial charge in [0.1, 0.15) is 0 Å². The van der Waals surface area contributed by atoms with Gasteiger partial charge in [0.25, 0.3) is 0 Å². The molecule has 3 nitrogen and oxygen atoms in total. The normalized spacial score (nSPS) is 7.50. The zero-order valence-electron chi connectivity index (χ0n) is 4.96. The number of anilines is 1. The maximum Gasteiger partial charge on any atom is 0.181 e. The molecule has 0 aromatic carbocycles. The van der Waals surface area contributed by atoms with Gasteiger partial charge in [-0.2, -0.15) is 5.26 Å². The Hall–Kier alpha value is -1.52. The van der Waals surface area contributed by atoms with Crippen molar-refractivity contribution in [2.45, 2.75) is 0 Å². The molecule has 0 bridgehead atoms. The van der Waals surface area contributed by atoms with Crippen molar-refractivity contribution in [3.63, 3.8) is 0 Å². The number of thiazole rings is 1. The molecule has 1 aromatic rings. The Labute approximate surface area is 62.1 Å². The van der Waals surface area contributed by atoms with Gasteiger partial charge in [-0.25, -0.2) is 4.98 Å². The molecule has 0 radical (unpaired) electrons. The third kappa shape index (κ3) is 1.48. The minimum absolute atomic E-state index is 0.474. The fraction of sp³-hybridized carbons (Fsp3) is 0. The molecule has 1 heterocycles. The summed E-state index contributed by atoms with van der Waals surface area (Å²) in [5.41, 5.74) is 5.31. The first kappa shape index (κ1) is 6.60. The third-order valence-electron chi connectivity index (χ3n) is 0.765. The van der Waals surface area contributed by atoms with Gasteiger partial charge < -0.3 is 5.73 Å². The molecule has 0 saturated carbocycles. The van der Waals surface area contributed by atoms with Crippen molar-refractivity contribution < 1.29 is 0 Å². The molecule has 0 aliphatic heterocycles. The third-order valence-corrected chi connectivity index (χ3v) is 1.51. The predicted octanol–water partition coefficient (Wildman–Crippen LogP) is 0.600. The second-order valence-electron chi connectivity index (χ2n) is 1.42. The Morgan fingerprint density at radius 3 is 3.00 bits per heavy atom. The van der Waals surface area contributed by atoms with Gasteiger partial charge in [-0.05, 0) is 5.92 Å². The molecule has 2 N–H and O–H groups in total. The smallest absolute Gasteiger partial charge is 0.181 e. The number of nitrogens with zero attached hydrogens (tertiary/aromatic N) is 2. The highest BCUT2D eigenvalue weighted by Gasteiger charge is 1.91. The Kier molecular flexibility index (Phi) is 1.89.